The number of methoxy groups -OCH3 is 1. The quantitative estimate of drug-likeness (QED) is 0.243. The van der Waals surface area contributed by atoms with Crippen LogP contribution in [-0.2, 0) is 9.59 Å². The van der Waals surface area contributed by atoms with Gasteiger partial charge in [-0.2, -0.15) is 0 Å². The van der Waals surface area contributed by atoms with Crippen molar-refractivity contribution in [2.24, 2.45) is 0 Å². The number of para-hydroxylation sites is 2. The number of rotatable bonds is 6. The average Bonchev–Trinajstić information content (AvgIpc) is 3.42. The van der Waals surface area contributed by atoms with Gasteiger partial charge in [0.05, 0.1) is 36.4 Å². The highest BCUT2D eigenvalue weighted by Crippen LogP contribution is 2.43. The largest absolute Gasteiger partial charge is 0.507 e. The van der Waals surface area contributed by atoms with E-state index in [0.29, 0.717) is 34.7 Å². The van der Waals surface area contributed by atoms with Gasteiger partial charge in [-0.15, -0.1) is 0 Å². The van der Waals surface area contributed by atoms with E-state index < -0.39 is 17.7 Å². The number of nitrogens with one attached hydrogen (secondary N) is 1. The van der Waals surface area contributed by atoms with E-state index in [1.165, 1.54) is 12.0 Å². The van der Waals surface area contributed by atoms with E-state index in [1.807, 2.05) is 31.2 Å². The van der Waals surface area contributed by atoms with Gasteiger partial charge in [0, 0.05) is 5.56 Å². The second-order valence-electron chi connectivity index (χ2n) is 7.96. The minimum atomic E-state index is -0.944. The van der Waals surface area contributed by atoms with Crippen LogP contribution >= 0.6 is 0 Å². The number of aliphatic hydroxyl groups is 1. The maximum atomic E-state index is 13.4. The number of ether oxygens (including phenoxy) is 2. The maximum Gasteiger partial charge on any atom is 0.302 e. The Hall–Kier alpha value is -4.59. The minimum absolute atomic E-state index is 0.0331. The number of aliphatic hydroxyl groups excluding tert-OH is 1. The Balaban J connectivity index is 1.74. The van der Waals surface area contributed by atoms with Gasteiger partial charge in [-0.05, 0) is 36.8 Å². The van der Waals surface area contributed by atoms with E-state index in [2.05, 4.69) is 9.97 Å². The van der Waals surface area contributed by atoms with Gasteiger partial charge >= 0.3 is 5.91 Å². The van der Waals surface area contributed by atoms with Crippen LogP contribution in [0.15, 0.2) is 78.4 Å². The Morgan fingerprint density at radius 1 is 1.03 bits per heavy atom. The maximum absolute atomic E-state index is 13.4. The summed E-state index contributed by atoms with van der Waals surface area (Å²) in [6.07, 6.45) is 0. The molecule has 2 N–H and O–H groups in total. The molecule has 8 heteroatoms. The van der Waals surface area contributed by atoms with Crippen LogP contribution in [0.4, 0.5) is 5.95 Å². The molecule has 0 saturated carbocycles. The van der Waals surface area contributed by atoms with E-state index in [4.69, 9.17) is 9.47 Å². The number of hydrogen-bond donors (Lipinski definition) is 2. The Morgan fingerprint density at radius 3 is 2.49 bits per heavy atom. The van der Waals surface area contributed by atoms with Gasteiger partial charge in [0.15, 0.2) is 11.5 Å². The molecule has 1 unspecified atom stereocenters. The molecule has 2 heterocycles. The van der Waals surface area contributed by atoms with E-state index >= 15 is 0 Å². The number of benzene rings is 3. The number of aromatic nitrogens is 2. The van der Waals surface area contributed by atoms with Crippen LogP contribution in [0.5, 0.6) is 11.5 Å². The van der Waals surface area contributed by atoms with E-state index in [-0.39, 0.29) is 17.3 Å². The summed E-state index contributed by atoms with van der Waals surface area (Å²) >= 11 is 0. The molecule has 4 aromatic rings. The summed E-state index contributed by atoms with van der Waals surface area (Å²) in [7, 11) is 1.54. The van der Waals surface area contributed by atoms with Crippen LogP contribution < -0.4 is 14.4 Å². The third-order valence-corrected chi connectivity index (χ3v) is 5.90. The third kappa shape index (κ3) is 3.78. The molecule has 0 spiro atoms. The molecular formula is C27H23N3O5. The van der Waals surface area contributed by atoms with E-state index in [1.54, 1.807) is 48.5 Å². The van der Waals surface area contributed by atoms with Crippen molar-refractivity contribution in [2.45, 2.75) is 13.0 Å². The zero-order valence-corrected chi connectivity index (χ0v) is 19.2. The number of amides is 1. The summed E-state index contributed by atoms with van der Waals surface area (Å²) in [5.41, 5.74) is 2.33. The van der Waals surface area contributed by atoms with Gasteiger partial charge < -0.3 is 19.6 Å². The predicted molar refractivity (Wildman–Crippen MR) is 131 cm³/mol. The van der Waals surface area contributed by atoms with Crippen molar-refractivity contribution in [2.75, 3.05) is 18.6 Å². The van der Waals surface area contributed by atoms with Crippen LogP contribution in [0.1, 0.15) is 24.1 Å². The SMILES string of the molecule is CCOc1cc(C2/C(=C(\O)c3ccccc3)C(=O)C(=O)N2c2nc3ccccc3[nH]2)ccc1OC. The summed E-state index contributed by atoms with van der Waals surface area (Å²) in [6, 6.07) is 20.2. The van der Waals surface area contributed by atoms with Crippen molar-refractivity contribution in [3.05, 3.63) is 89.5 Å². The second kappa shape index (κ2) is 8.98. The molecule has 1 aromatic heterocycles. The van der Waals surface area contributed by atoms with Gasteiger partial charge in [-0.1, -0.05) is 48.5 Å². The van der Waals surface area contributed by atoms with Gasteiger partial charge in [-0.25, -0.2) is 4.98 Å². The molecule has 1 aliphatic rings. The smallest absolute Gasteiger partial charge is 0.302 e. The first-order valence-electron chi connectivity index (χ1n) is 11.2. The first kappa shape index (κ1) is 22.2. The van der Waals surface area contributed by atoms with Crippen LogP contribution in [0.25, 0.3) is 16.8 Å². The monoisotopic (exact) mass is 469 g/mol. The summed E-state index contributed by atoms with van der Waals surface area (Å²) in [5, 5.41) is 11.2. The first-order chi connectivity index (χ1) is 17.0. The number of hydrogen-bond acceptors (Lipinski definition) is 6. The molecule has 5 rings (SSSR count). The number of carbonyl (C=O) groups is 2. The van der Waals surface area contributed by atoms with Crippen LogP contribution in [0.2, 0.25) is 0 Å². The van der Waals surface area contributed by atoms with Crippen LogP contribution in [0, 0.1) is 0 Å². The molecule has 1 amide bonds. The summed E-state index contributed by atoms with van der Waals surface area (Å²) in [6.45, 7) is 2.25. The topological polar surface area (TPSA) is 105 Å². The lowest BCUT2D eigenvalue weighted by Gasteiger charge is -2.24. The van der Waals surface area contributed by atoms with Crippen LogP contribution in [0.3, 0.4) is 0 Å². The van der Waals surface area contributed by atoms with Gasteiger partial charge in [-0.3, -0.25) is 14.5 Å². The molecule has 1 saturated heterocycles. The fourth-order valence-corrected chi connectivity index (χ4v) is 4.30. The molecule has 0 bridgehead atoms. The molecule has 1 aliphatic heterocycles. The number of aromatic amines is 1. The lowest BCUT2D eigenvalue weighted by atomic mass is 9.95. The first-order valence-corrected chi connectivity index (χ1v) is 11.2. The molecule has 35 heavy (non-hydrogen) atoms. The highest BCUT2D eigenvalue weighted by molar-refractivity contribution is 6.51. The minimum Gasteiger partial charge on any atom is -0.507 e. The standard InChI is InChI=1S/C27H23N3O5/c1-3-35-21-15-17(13-14-20(21)34-2)23-22(24(31)16-9-5-4-6-10-16)25(32)26(33)30(23)27-28-18-11-7-8-12-19(18)29-27/h4-15,23,31H,3H2,1-2H3,(H,28,29)/b24-22+. The van der Waals surface area contributed by atoms with Crippen molar-refractivity contribution in [3.63, 3.8) is 0 Å². The Bertz CT molecular complexity index is 1430. The molecule has 0 radical (unpaired) electrons. The number of fused-ring (bicyclic) bond motifs is 1. The van der Waals surface area contributed by atoms with Crippen molar-refractivity contribution in [1.82, 2.24) is 9.97 Å². The fraction of sp³-hybridized carbons (Fsp3) is 0.148. The second-order valence-corrected chi connectivity index (χ2v) is 7.96. The number of anilines is 1. The Morgan fingerprint density at radius 2 is 1.77 bits per heavy atom. The lowest BCUT2D eigenvalue weighted by molar-refractivity contribution is -0.132. The highest BCUT2D eigenvalue weighted by Gasteiger charge is 2.48. The van der Waals surface area contributed by atoms with Crippen molar-refractivity contribution in [1.29, 1.82) is 0 Å². The Kier molecular flexibility index (Phi) is 5.70. The predicted octanol–water partition coefficient (Wildman–Crippen LogP) is 4.60. The summed E-state index contributed by atoms with van der Waals surface area (Å²) in [5.74, 6) is -0.673. The molecule has 3 aromatic carbocycles. The van der Waals surface area contributed by atoms with Crippen molar-refractivity contribution >= 4 is 34.4 Å². The fourth-order valence-electron chi connectivity index (χ4n) is 4.30. The van der Waals surface area contributed by atoms with E-state index in [9.17, 15) is 14.7 Å². The number of nitrogens with zero attached hydrogens (tertiary/aromatic N) is 2. The van der Waals surface area contributed by atoms with Crippen molar-refractivity contribution < 1.29 is 24.2 Å². The lowest BCUT2D eigenvalue weighted by Crippen LogP contribution is -2.30. The van der Waals surface area contributed by atoms with Crippen molar-refractivity contribution in [3.8, 4) is 11.5 Å². The van der Waals surface area contributed by atoms with Gasteiger partial charge in [0.25, 0.3) is 5.78 Å². The molecule has 176 valence electrons. The third-order valence-electron chi connectivity index (χ3n) is 5.90. The summed E-state index contributed by atoms with van der Waals surface area (Å²) < 4.78 is 11.1. The molecule has 1 fully saturated rings. The normalized spacial score (nSPS) is 17.2. The van der Waals surface area contributed by atoms with Gasteiger partial charge in [0.1, 0.15) is 5.76 Å². The van der Waals surface area contributed by atoms with Crippen LogP contribution in [-0.4, -0.2) is 40.5 Å². The van der Waals surface area contributed by atoms with E-state index in [0.717, 1.165) is 5.52 Å². The number of imidazole rings is 1. The van der Waals surface area contributed by atoms with Gasteiger partial charge in [0.2, 0.25) is 5.95 Å². The number of ketones is 1. The average molecular weight is 469 g/mol. The molecule has 8 nitrogen and oxygen atoms in total. The number of H-pyrrole nitrogens is 1. The zero-order valence-electron chi connectivity index (χ0n) is 19.2. The number of carbonyl (C=O) groups excluding carboxylic acids is 2. The zero-order chi connectivity index (χ0) is 24.5. The number of Topliss-reactive ketones (excluding diaryl/α,β-unsaturated/α-hetero) is 1. The summed E-state index contributed by atoms with van der Waals surface area (Å²) in [4.78, 5) is 35.7. The molecular weight excluding hydrogens is 446 g/mol. The Labute approximate surface area is 201 Å². The molecule has 1 atom stereocenters. The highest BCUT2D eigenvalue weighted by atomic mass is 16.5. The molecule has 0 aliphatic carbocycles.